The van der Waals surface area contributed by atoms with Crippen molar-refractivity contribution in [3.05, 3.63) is 22.7 Å². The van der Waals surface area contributed by atoms with Crippen LogP contribution in [0.25, 0.3) is 0 Å². The zero-order valence-corrected chi connectivity index (χ0v) is 13.4. The molecular weight excluding hydrogens is 308 g/mol. The molecule has 1 aromatic carbocycles. The number of hydrogen-bond donors (Lipinski definition) is 1. The highest BCUT2D eigenvalue weighted by Crippen LogP contribution is 2.32. The molecule has 0 fully saturated rings. The predicted octanol–water partition coefficient (Wildman–Crippen LogP) is 2.65. The van der Waals surface area contributed by atoms with E-state index in [1.165, 1.54) is 0 Å². The molecule has 0 aromatic heterocycles. The summed E-state index contributed by atoms with van der Waals surface area (Å²) in [5, 5.41) is 0. The highest BCUT2D eigenvalue weighted by Gasteiger charge is 2.26. The first-order valence-corrected chi connectivity index (χ1v) is 7.02. The number of carbonyl (C=O) groups is 1. The number of nitrogens with zero attached hydrogens (tertiary/aromatic N) is 1. The van der Waals surface area contributed by atoms with Gasteiger partial charge in [0, 0.05) is 18.1 Å². The normalized spacial score (nSPS) is 12.4. The second-order valence-corrected chi connectivity index (χ2v) is 5.72. The number of amides is 1. The van der Waals surface area contributed by atoms with E-state index in [1.807, 2.05) is 32.0 Å². The zero-order valence-electron chi connectivity index (χ0n) is 11.8. The van der Waals surface area contributed by atoms with Gasteiger partial charge < -0.3 is 15.4 Å². The molecule has 0 heterocycles. The zero-order chi connectivity index (χ0) is 14.6. The fourth-order valence-electron chi connectivity index (χ4n) is 1.95. The summed E-state index contributed by atoms with van der Waals surface area (Å²) < 4.78 is 6.20. The first kappa shape index (κ1) is 16.0. The van der Waals surface area contributed by atoms with Crippen LogP contribution in [0.3, 0.4) is 0 Å². The maximum atomic E-state index is 12.5. The van der Waals surface area contributed by atoms with Crippen LogP contribution in [-0.4, -0.2) is 26.6 Å². The number of halogens is 1. The maximum absolute atomic E-state index is 12.5. The minimum absolute atomic E-state index is 0.00824. The SMILES string of the molecule is COc1ccc(Br)cc1N(C)C(=O)C(CN)C(C)C. The molecule has 1 amide bonds. The molecule has 106 valence electrons. The lowest BCUT2D eigenvalue weighted by Gasteiger charge is -2.26. The van der Waals surface area contributed by atoms with E-state index in [0.29, 0.717) is 12.3 Å². The van der Waals surface area contributed by atoms with Crippen molar-refractivity contribution < 1.29 is 9.53 Å². The summed E-state index contributed by atoms with van der Waals surface area (Å²) in [6.45, 7) is 4.35. The van der Waals surface area contributed by atoms with Gasteiger partial charge in [-0.3, -0.25) is 4.79 Å². The van der Waals surface area contributed by atoms with Crippen molar-refractivity contribution in [2.45, 2.75) is 13.8 Å². The van der Waals surface area contributed by atoms with E-state index < -0.39 is 0 Å². The first-order valence-electron chi connectivity index (χ1n) is 6.23. The van der Waals surface area contributed by atoms with Gasteiger partial charge in [0.1, 0.15) is 5.75 Å². The van der Waals surface area contributed by atoms with Gasteiger partial charge in [-0.2, -0.15) is 0 Å². The minimum atomic E-state index is -0.186. The van der Waals surface area contributed by atoms with Gasteiger partial charge in [0.25, 0.3) is 0 Å². The Morgan fingerprint density at radius 1 is 1.47 bits per heavy atom. The van der Waals surface area contributed by atoms with Gasteiger partial charge in [0.15, 0.2) is 0 Å². The Morgan fingerprint density at radius 3 is 2.58 bits per heavy atom. The van der Waals surface area contributed by atoms with Crippen molar-refractivity contribution >= 4 is 27.5 Å². The smallest absolute Gasteiger partial charge is 0.231 e. The summed E-state index contributed by atoms with van der Waals surface area (Å²) in [6, 6.07) is 5.57. The molecule has 2 N–H and O–H groups in total. The Bertz CT molecular complexity index is 449. The molecule has 1 atom stereocenters. The van der Waals surface area contributed by atoms with Crippen LogP contribution in [0.2, 0.25) is 0 Å². The molecule has 1 aromatic rings. The Labute approximate surface area is 123 Å². The highest BCUT2D eigenvalue weighted by atomic mass is 79.9. The van der Waals surface area contributed by atoms with Crippen molar-refractivity contribution in [1.82, 2.24) is 0 Å². The highest BCUT2D eigenvalue weighted by molar-refractivity contribution is 9.10. The van der Waals surface area contributed by atoms with E-state index >= 15 is 0 Å². The number of rotatable bonds is 5. The Balaban J connectivity index is 3.08. The molecule has 1 rings (SSSR count). The quantitative estimate of drug-likeness (QED) is 0.904. The number of benzene rings is 1. The van der Waals surface area contributed by atoms with Crippen LogP contribution >= 0.6 is 15.9 Å². The Hall–Kier alpha value is -1.07. The Morgan fingerprint density at radius 2 is 2.11 bits per heavy atom. The molecule has 1 unspecified atom stereocenters. The summed E-state index contributed by atoms with van der Waals surface area (Å²) in [4.78, 5) is 14.1. The number of ether oxygens (including phenoxy) is 1. The van der Waals surface area contributed by atoms with Crippen molar-refractivity contribution in [3.63, 3.8) is 0 Å². The monoisotopic (exact) mass is 328 g/mol. The molecule has 0 radical (unpaired) electrons. The van der Waals surface area contributed by atoms with Crippen LogP contribution < -0.4 is 15.4 Å². The van der Waals surface area contributed by atoms with E-state index in [1.54, 1.807) is 19.1 Å². The van der Waals surface area contributed by atoms with E-state index in [4.69, 9.17) is 10.5 Å². The second-order valence-electron chi connectivity index (χ2n) is 4.80. The number of nitrogens with two attached hydrogens (primary N) is 1. The summed E-state index contributed by atoms with van der Waals surface area (Å²) in [7, 11) is 3.34. The molecule has 0 aliphatic carbocycles. The van der Waals surface area contributed by atoms with E-state index in [9.17, 15) is 4.79 Å². The third-order valence-corrected chi connectivity index (χ3v) is 3.70. The largest absolute Gasteiger partial charge is 0.495 e. The van der Waals surface area contributed by atoms with Crippen LogP contribution in [0.1, 0.15) is 13.8 Å². The third kappa shape index (κ3) is 3.70. The van der Waals surface area contributed by atoms with Gasteiger partial charge in [-0.25, -0.2) is 0 Å². The van der Waals surface area contributed by atoms with Gasteiger partial charge in [0.05, 0.1) is 18.7 Å². The van der Waals surface area contributed by atoms with Gasteiger partial charge in [-0.15, -0.1) is 0 Å². The molecule has 4 nitrogen and oxygen atoms in total. The molecule has 5 heteroatoms. The summed E-state index contributed by atoms with van der Waals surface area (Å²) >= 11 is 3.41. The second kappa shape index (κ2) is 6.91. The van der Waals surface area contributed by atoms with Crippen LogP contribution in [0.5, 0.6) is 5.75 Å². The van der Waals surface area contributed by atoms with Crippen LogP contribution in [0.4, 0.5) is 5.69 Å². The average Bonchev–Trinajstić information content (AvgIpc) is 2.38. The van der Waals surface area contributed by atoms with E-state index in [-0.39, 0.29) is 17.7 Å². The lowest BCUT2D eigenvalue weighted by Crippen LogP contribution is -2.39. The van der Waals surface area contributed by atoms with Gasteiger partial charge >= 0.3 is 0 Å². The standard InChI is InChI=1S/C14H21BrN2O2/c1-9(2)11(8-16)14(18)17(3)12-7-10(15)5-6-13(12)19-4/h5-7,9,11H,8,16H2,1-4H3. The van der Waals surface area contributed by atoms with Crippen molar-refractivity contribution in [3.8, 4) is 5.75 Å². The van der Waals surface area contributed by atoms with Crippen LogP contribution in [-0.2, 0) is 4.79 Å². The average molecular weight is 329 g/mol. The number of anilines is 1. The first-order chi connectivity index (χ1) is 8.92. The lowest BCUT2D eigenvalue weighted by atomic mass is 9.94. The summed E-state index contributed by atoms with van der Waals surface area (Å²) in [6.07, 6.45) is 0. The van der Waals surface area contributed by atoms with E-state index in [2.05, 4.69) is 15.9 Å². The fourth-order valence-corrected chi connectivity index (χ4v) is 2.30. The fraction of sp³-hybridized carbons (Fsp3) is 0.500. The molecule has 0 spiro atoms. The maximum Gasteiger partial charge on any atom is 0.231 e. The lowest BCUT2D eigenvalue weighted by molar-refractivity contribution is -0.123. The third-order valence-electron chi connectivity index (χ3n) is 3.21. The summed E-state index contributed by atoms with van der Waals surface area (Å²) in [5.41, 5.74) is 6.44. The molecule has 0 saturated heterocycles. The molecule has 19 heavy (non-hydrogen) atoms. The topological polar surface area (TPSA) is 55.6 Å². The molecule has 0 aliphatic rings. The molecular formula is C14H21BrN2O2. The Kier molecular flexibility index (Phi) is 5.82. The van der Waals surface area contributed by atoms with E-state index in [0.717, 1.165) is 10.2 Å². The molecule has 0 aliphatic heterocycles. The van der Waals surface area contributed by atoms with Crippen LogP contribution in [0, 0.1) is 11.8 Å². The van der Waals surface area contributed by atoms with Crippen LogP contribution in [0.15, 0.2) is 22.7 Å². The molecule has 0 bridgehead atoms. The number of hydrogen-bond acceptors (Lipinski definition) is 3. The van der Waals surface area contributed by atoms with Crippen molar-refractivity contribution in [1.29, 1.82) is 0 Å². The number of carbonyl (C=O) groups excluding carboxylic acids is 1. The van der Waals surface area contributed by atoms with Gasteiger partial charge in [-0.1, -0.05) is 29.8 Å². The molecule has 0 saturated carbocycles. The predicted molar refractivity (Wildman–Crippen MR) is 81.5 cm³/mol. The van der Waals surface area contributed by atoms with Gasteiger partial charge in [0.2, 0.25) is 5.91 Å². The van der Waals surface area contributed by atoms with Crippen molar-refractivity contribution in [2.24, 2.45) is 17.6 Å². The summed E-state index contributed by atoms with van der Waals surface area (Å²) in [5.74, 6) is 0.694. The minimum Gasteiger partial charge on any atom is -0.495 e. The van der Waals surface area contributed by atoms with Gasteiger partial charge in [-0.05, 0) is 24.1 Å². The number of methoxy groups -OCH3 is 1. The van der Waals surface area contributed by atoms with Crippen molar-refractivity contribution in [2.75, 3.05) is 25.6 Å².